The lowest BCUT2D eigenvalue weighted by atomic mass is 10.0. The van der Waals surface area contributed by atoms with Crippen LogP contribution >= 0.6 is 22.9 Å². The highest BCUT2D eigenvalue weighted by Gasteiger charge is 2.23. The molecule has 1 saturated heterocycles. The van der Waals surface area contributed by atoms with E-state index in [9.17, 15) is 4.79 Å². The van der Waals surface area contributed by atoms with Crippen molar-refractivity contribution in [1.82, 2.24) is 9.80 Å². The van der Waals surface area contributed by atoms with E-state index in [2.05, 4.69) is 40.6 Å². The predicted octanol–water partition coefficient (Wildman–Crippen LogP) is 4.95. The summed E-state index contributed by atoms with van der Waals surface area (Å²) in [5.41, 5.74) is 3.20. The molecule has 4 rings (SSSR count). The molecule has 0 N–H and O–H groups in total. The van der Waals surface area contributed by atoms with Crippen LogP contribution in [0.25, 0.3) is 0 Å². The summed E-state index contributed by atoms with van der Waals surface area (Å²) in [4.78, 5) is 18.8. The largest absolute Gasteiger partial charge is 0.336 e. The maximum absolute atomic E-state index is 13.1. The molecule has 3 aromatic rings. The molecule has 0 atom stereocenters. The molecule has 1 aliphatic heterocycles. The Labute approximate surface area is 175 Å². The van der Waals surface area contributed by atoms with Crippen molar-refractivity contribution < 1.29 is 4.79 Å². The molecule has 1 fully saturated rings. The first-order valence-electron chi connectivity index (χ1n) is 9.55. The molecule has 5 heteroatoms. The number of hydrogen-bond donors (Lipinski definition) is 0. The van der Waals surface area contributed by atoms with Crippen molar-refractivity contribution in [2.75, 3.05) is 26.2 Å². The molecule has 2 heterocycles. The Bertz CT molecular complexity index is 916. The molecule has 0 bridgehead atoms. The molecule has 0 unspecified atom stereocenters. The highest BCUT2D eigenvalue weighted by atomic mass is 35.5. The van der Waals surface area contributed by atoms with Crippen LogP contribution in [0.4, 0.5) is 0 Å². The van der Waals surface area contributed by atoms with Crippen LogP contribution in [0.5, 0.6) is 0 Å². The number of amides is 1. The maximum atomic E-state index is 13.1. The van der Waals surface area contributed by atoms with Gasteiger partial charge < -0.3 is 4.90 Å². The van der Waals surface area contributed by atoms with E-state index >= 15 is 0 Å². The van der Waals surface area contributed by atoms with Gasteiger partial charge in [0, 0.05) is 54.6 Å². The summed E-state index contributed by atoms with van der Waals surface area (Å²) in [5, 5.41) is 2.85. The average Bonchev–Trinajstić information content (AvgIpc) is 3.23. The van der Waals surface area contributed by atoms with Crippen LogP contribution in [0, 0.1) is 0 Å². The normalized spacial score (nSPS) is 15.0. The molecule has 3 nitrogen and oxygen atoms in total. The quantitative estimate of drug-likeness (QED) is 0.594. The topological polar surface area (TPSA) is 23.6 Å². The van der Waals surface area contributed by atoms with Gasteiger partial charge in [-0.1, -0.05) is 48.0 Å². The summed E-state index contributed by atoms with van der Waals surface area (Å²) in [6, 6.07) is 20.2. The van der Waals surface area contributed by atoms with Gasteiger partial charge in [0.05, 0.1) is 0 Å². The highest BCUT2D eigenvalue weighted by Crippen LogP contribution is 2.20. The third-order valence-corrected chi connectivity index (χ3v) is 6.30. The molecular weight excluding hydrogens is 388 g/mol. The Kier molecular flexibility index (Phi) is 6.10. The molecule has 1 aliphatic rings. The summed E-state index contributed by atoms with van der Waals surface area (Å²) in [6.45, 7) is 4.20. The van der Waals surface area contributed by atoms with Gasteiger partial charge >= 0.3 is 0 Å². The minimum Gasteiger partial charge on any atom is -0.336 e. The molecule has 1 amide bonds. The second-order valence-corrected chi connectivity index (χ2v) is 8.58. The first-order valence-corrected chi connectivity index (χ1v) is 10.8. The van der Waals surface area contributed by atoms with E-state index in [4.69, 9.17) is 11.6 Å². The molecule has 0 radical (unpaired) electrons. The second-order valence-electron chi connectivity index (χ2n) is 7.11. The molecule has 0 saturated carbocycles. The number of benzene rings is 2. The van der Waals surface area contributed by atoms with E-state index in [0.717, 1.165) is 55.3 Å². The van der Waals surface area contributed by atoms with Crippen LogP contribution in [0.2, 0.25) is 5.02 Å². The monoisotopic (exact) mass is 410 g/mol. The van der Waals surface area contributed by atoms with Crippen molar-refractivity contribution in [2.24, 2.45) is 0 Å². The van der Waals surface area contributed by atoms with Gasteiger partial charge in [0.2, 0.25) is 0 Å². The Morgan fingerprint density at radius 1 is 0.929 bits per heavy atom. The fourth-order valence-electron chi connectivity index (χ4n) is 3.61. The zero-order valence-electron chi connectivity index (χ0n) is 15.7. The first kappa shape index (κ1) is 19.2. The van der Waals surface area contributed by atoms with E-state index in [1.54, 1.807) is 11.3 Å². The Balaban J connectivity index is 1.38. The summed E-state index contributed by atoms with van der Waals surface area (Å²) in [7, 11) is 0. The summed E-state index contributed by atoms with van der Waals surface area (Å²) in [5.74, 6) is 0.151. The number of carbonyl (C=O) groups is 1. The van der Waals surface area contributed by atoms with Crippen LogP contribution in [0.15, 0.2) is 66.0 Å². The molecule has 28 heavy (non-hydrogen) atoms. The lowest BCUT2D eigenvalue weighted by molar-refractivity contribution is 0.0627. The summed E-state index contributed by atoms with van der Waals surface area (Å²) in [6.07, 6.45) is 0.816. The van der Waals surface area contributed by atoms with Gasteiger partial charge in [-0.3, -0.25) is 9.69 Å². The van der Waals surface area contributed by atoms with Crippen molar-refractivity contribution >= 4 is 28.8 Å². The predicted molar refractivity (Wildman–Crippen MR) is 116 cm³/mol. The Morgan fingerprint density at radius 3 is 2.39 bits per heavy atom. The van der Waals surface area contributed by atoms with E-state index in [-0.39, 0.29) is 5.91 Å². The number of nitrogens with zero attached hydrogens (tertiary/aromatic N) is 2. The molecule has 144 valence electrons. The lowest BCUT2D eigenvalue weighted by Crippen LogP contribution is -2.48. The van der Waals surface area contributed by atoms with Gasteiger partial charge in [0.1, 0.15) is 0 Å². The first-order chi connectivity index (χ1) is 13.7. The van der Waals surface area contributed by atoms with E-state index < -0.39 is 0 Å². The minimum absolute atomic E-state index is 0.151. The van der Waals surface area contributed by atoms with E-state index in [0.29, 0.717) is 0 Å². The number of hydrogen-bond acceptors (Lipinski definition) is 3. The van der Waals surface area contributed by atoms with Crippen molar-refractivity contribution in [3.05, 3.63) is 92.6 Å². The summed E-state index contributed by atoms with van der Waals surface area (Å²) < 4.78 is 0. The zero-order valence-corrected chi connectivity index (χ0v) is 17.3. The van der Waals surface area contributed by atoms with Crippen LogP contribution in [0.3, 0.4) is 0 Å². The van der Waals surface area contributed by atoms with Gasteiger partial charge in [-0.25, -0.2) is 0 Å². The number of carbonyl (C=O) groups excluding carboxylic acids is 1. The van der Waals surface area contributed by atoms with Crippen LogP contribution in [-0.2, 0) is 13.0 Å². The molecule has 2 aromatic carbocycles. The van der Waals surface area contributed by atoms with Crippen molar-refractivity contribution in [3.63, 3.8) is 0 Å². The van der Waals surface area contributed by atoms with Gasteiger partial charge in [0.15, 0.2) is 0 Å². The van der Waals surface area contributed by atoms with Crippen molar-refractivity contribution in [3.8, 4) is 0 Å². The molecular formula is C23H23ClN2OS. The number of thiophene rings is 1. The summed E-state index contributed by atoms with van der Waals surface area (Å²) >= 11 is 7.70. The number of piperazine rings is 1. The second kappa shape index (κ2) is 8.91. The SMILES string of the molecule is O=C(c1ccccc1Cc1cccs1)N1CCN(Cc2ccc(Cl)cc2)CC1. The van der Waals surface area contributed by atoms with Crippen molar-refractivity contribution in [2.45, 2.75) is 13.0 Å². The third-order valence-electron chi connectivity index (χ3n) is 5.17. The highest BCUT2D eigenvalue weighted by molar-refractivity contribution is 7.09. The average molecular weight is 411 g/mol. The Hall–Kier alpha value is -2.14. The molecule has 1 aromatic heterocycles. The van der Waals surface area contributed by atoms with Crippen LogP contribution in [0.1, 0.15) is 26.4 Å². The fourth-order valence-corrected chi connectivity index (χ4v) is 4.47. The van der Waals surface area contributed by atoms with Gasteiger partial charge in [-0.05, 0) is 40.8 Å². The molecule has 0 spiro atoms. The van der Waals surface area contributed by atoms with E-state index in [1.807, 2.05) is 35.2 Å². The smallest absolute Gasteiger partial charge is 0.254 e. The maximum Gasteiger partial charge on any atom is 0.254 e. The number of halogens is 1. The Morgan fingerprint density at radius 2 is 1.68 bits per heavy atom. The standard InChI is InChI=1S/C23H23ClN2OS/c24-20-9-7-18(8-10-20)17-25-11-13-26(14-12-25)23(27)22-6-2-1-4-19(22)16-21-5-3-15-28-21/h1-10,15H,11-14,16-17H2. The third kappa shape index (κ3) is 4.64. The zero-order chi connectivity index (χ0) is 19.3. The number of rotatable bonds is 5. The van der Waals surface area contributed by atoms with Crippen molar-refractivity contribution in [1.29, 1.82) is 0 Å². The van der Waals surface area contributed by atoms with Crippen LogP contribution in [-0.4, -0.2) is 41.9 Å². The van der Waals surface area contributed by atoms with E-state index in [1.165, 1.54) is 10.4 Å². The van der Waals surface area contributed by atoms with Gasteiger partial charge in [-0.15, -0.1) is 11.3 Å². The lowest BCUT2D eigenvalue weighted by Gasteiger charge is -2.35. The minimum atomic E-state index is 0.151. The fraction of sp³-hybridized carbons (Fsp3) is 0.261. The van der Waals surface area contributed by atoms with Gasteiger partial charge in [-0.2, -0.15) is 0 Å². The van der Waals surface area contributed by atoms with Crippen LogP contribution < -0.4 is 0 Å². The van der Waals surface area contributed by atoms with Gasteiger partial charge in [0.25, 0.3) is 5.91 Å². The molecule has 0 aliphatic carbocycles.